The van der Waals surface area contributed by atoms with Crippen LogP contribution in [-0.2, 0) is 20.8 Å². The zero-order chi connectivity index (χ0) is 19.3. The van der Waals surface area contributed by atoms with E-state index in [1.165, 1.54) is 11.8 Å². The molecular formula is C18H25N5O4S. The van der Waals surface area contributed by atoms with Crippen molar-refractivity contribution in [1.29, 1.82) is 0 Å². The second-order valence-electron chi connectivity index (χ2n) is 6.75. The lowest BCUT2D eigenvalue weighted by atomic mass is 10.3. The van der Waals surface area contributed by atoms with E-state index in [9.17, 15) is 4.79 Å². The average Bonchev–Trinajstić information content (AvgIpc) is 3.39. The van der Waals surface area contributed by atoms with Crippen LogP contribution in [-0.4, -0.2) is 83.4 Å². The molecule has 0 N–H and O–H groups in total. The summed E-state index contributed by atoms with van der Waals surface area (Å²) in [4.78, 5) is 16.8. The van der Waals surface area contributed by atoms with Gasteiger partial charge in [0.1, 0.15) is 5.76 Å². The van der Waals surface area contributed by atoms with Gasteiger partial charge in [-0.05, 0) is 19.1 Å². The van der Waals surface area contributed by atoms with E-state index < -0.39 is 0 Å². The number of carbonyl (C=O) groups is 1. The first-order chi connectivity index (χ1) is 13.7. The van der Waals surface area contributed by atoms with Crippen molar-refractivity contribution in [3.8, 4) is 0 Å². The highest BCUT2D eigenvalue weighted by Crippen LogP contribution is 2.28. The fourth-order valence-electron chi connectivity index (χ4n) is 3.31. The number of carbonyl (C=O) groups excluding carboxylic acids is 1. The number of hydrogen-bond donors (Lipinski definition) is 0. The zero-order valence-corrected chi connectivity index (χ0v) is 16.8. The highest BCUT2D eigenvalue weighted by atomic mass is 32.2. The van der Waals surface area contributed by atoms with Gasteiger partial charge in [0.05, 0.1) is 44.5 Å². The van der Waals surface area contributed by atoms with Gasteiger partial charge in [0.15, 0.2) is 5.16 Å². The van der Waals surface area contributed by atoms with Gasteiger partial charge < -0.3 is 23.7 Å². The van der Waals surface area contributed by atoms with Crippen LogP contribution < -0.4 is 4.90 Å². The molecule has 2 aliphatic rings. The average molecular weight is 407 g/mol. The number of ether oxygens (including phenoxy) is 2. The third-order valence-corrected chi connectivity index (χ3v) is 5.91. The molecule has 2 aliphatic heterocycles. The molecule has 0 aliphatic carbocycles. The number of nitrogens with zero attached hydrogens (tertiary/aromatic N) is 5. The Hall–Kier alpha value is -2.04. The molecule has 2 fully saturated rings. The number of furan rings is 1. The molecule has 2 aromatic heterocycles. The van der Waals surface area contributed by atoms with Crippen LogP contribution in [0.4, 0.5) is 5.95 Å². The lowest BCUT2D eigenvalue weighted by molar-refractivity contribution is -0.134. The summed E-state index contributed by atoms with van der Waals surface area (Å²) in [5.74, 6) is 1.71. The zero-order valence-electron chi connectivity index (χ0n) is 16.0. The summed E-state index contributed by atoms with van der Waals surface area (Å²) in [6, 6.07) is 3.80. The number of rotatable bonds is 6. The molecule has 152 valence electrons. The number of aromatic nitrogens is 3. The van der Waals surface area contributed by atoms with E-state index in [0.29, 0.717) is 51.2 Å². The van der Waals surface area contributed by atoms with Gasteiger partial charge in [0.25, 0.3) is 0 Å². The molecule has 0 spiro atoms. The van der Waals surface area contributed by atoms with Crippen LogP contribution in [0.5, 0.6) is 0 Å². The van der Waals surface area contributed by atoms with E-state index in [4.69, 9.17) is 13.9 Å². The molecule has 2 saturated heterocycles. The maximum Gasteiger partial charge on any atom is 0.236 e. The van der Waals surface area contributed by atoms with Crippen molar-refractivity contribution < 1.29 is 18.7 Å². The van der Waals surface area contributed by atoms with Gasteiger partial charge in [-0.15, -0.1) is 10.2 Å². The van der Waals surface area contributed by atoms with Crippen LogP contribution in [0.2, 0.25) is 0 Å². The first-order valence-electron chi connectivity index (χ1n) is 9.54. The minimum Gasteiger partial charge on any atom is -0.467 e. The molecule has 10 heteroatoms. The predicted octanol–water partition coefficient (Wildman–Crippen LogP) is 1.10. The second kappa shape index (κ2) is 8.97. The largest absolute Gasteiger partial charge is 0.467 e. The van der Waals surface area contributed by atoms with Crippen molar-refractivity contribution >= 4 is 23.6 Å². The van der Waals surface area contributed by atoms with E-state index in [1.54, 1.807) is 6.26 Å². The second-order valence-corrected chi connectivity index (χ2v) is 8.05. The number of hydrogen-bond acceptors (Lipinski definition) is 8. The van der Waals surface area contributed by atoms with Gasteiger partial charge in [0, 0.05) is 26.2 Å². The molecule has 9 nitrogen and oxygen atoms in total. The first-order valence-corrected chi connectivity index (χ1v) is 10.4. The SMILES string of the molecule is CC(Sc1nnc(N2CCOCC2)n1Cc1ccco1)C(=O)N1CCOCC1. The Morgan fingerprint density at radius 1 is 1.14 bits per heavy atom. The van der Waals surface area contributed by atoms with Gasteiger partial charge in [-0.1, -0.05) is 11.8 Å². The molecule has 4 heterocycles. The molecule has 2 aromatic rings. The van der Waals surface area contributed by atoms with Crippen molar-refractivity contribution in [3.63, 3.8) is 0 Å². The Labute approximate surface area is 168 Å². The monoisotopic (exact) mass is 407 g/mol. The van der Waals surface area contributed by atoms with Gasteiger partial charge in [-0.3, -0.25) is 9.36 Å². The van der Waals surface area contributed by atoms with Crippen LogP contribution in [0.25, 0.3) is 0 Å². The van der Waals surface area contributed by atoms with E-state index in [2.05, 4.69) is 15.1 Å². The summed E-state index contributed by atoms with van der Waals surface area (Å²) >= 11 is 1.44. The van der Waals surface area contributed by atoms with Gasteiger partial charge in [0.2, 0.25) is 11.9 Å². The molecule has 0 aromatic carbocycles. The van der Waals surface area contributed by atoms with Crippen LogP contribution in [0, 0.1) is 0 Å². The Balaban J connectivity index is 1.53. The number of amides is 1. The summed E-state index contributed by atoms with van der Waals surface area (Å²) in [5.41, 5.74) is 0. The number of morpholine rings is 2. The maximum absolute atomic E-state index is 12.8. The fourth-order valence-corrected chi connectivity index (χ4v) is 4.24. The number of anilines is 1. The molecule has 4 rings (SSSR count). The molecular weight excluding hydrogens is 382 g/mol. The quantitative estimate of drug-likeness (QED) is 0.658. The Bertz CT molecular complexity index is 769. The topological polar surface area (TPSA) is 85.9 Å². The van der Waals surface area contributed by atoms with Crippen LogP contribution >= 0.6 is 11.8 Å². The summed E-state index contributed by atoms with van der Waals surface area (Å²) in [6.45, 7) is 7.79. The Kier molecular flexibility index (Phi) is 6.18. The van der Waals surface area contributed by atoms with Crippen molar-refractivity contribution in [1.82, 2.24) is 19.7 Å². The minimum atomic E-state index is -0.254. The molecule has 1 amide bonds. The number of thioether (sulfide) groups is 1. The van der Waals surface area contributed by atoms with Crippen molar-refractivity contribution in [2.75, 3.05) is 57.5 Å². The molecule has 1 atom stereocenters. The van der Waals surface area contributed by atoms with Crippen molar-refractivity contribution in [2.24, 2.45) is 0 Å². The highest BCUT2D eigenvalue weighted by Gasteiger charge is 2.27. The lowest BCUT2D eigenvalue weighted by Crippen LogP contribution is -2.44. The van der Waals surface area contributed by atoms with E-state index >= 15 is 0 Å². The molecule has 0 bridgehead atoms. The lowest BCUT2D eigenvalue weighted by Gasteiger charge is -2.29. The van der Waals surface area contributed by atoms with Gasteiger partial charge in [-0.2, -0.15) is 0 Å². The molecule has 28 heavy (non-hydrogen) atoms. The van der Waals surface area contributed by atoms with Crippen molar-refractivity contribution in [2.45, 2.75) is 23.9 Å². The molecule has 0 radical (unpaired) electrons. The van der Waals surface area contributed by atoms with Crippen LogP contribution in [0.1, 0.15) is 12.7 Å². The van der Waals surface area contributed by atoms with E-state index in [1.807, 2.05) is 28.5 Å². The highest BCUT2D eigenvalue weighted by molar-refractivity contribution is 8.00. The van der Waals surface area contributed by atoms with E-state index in [0.717, 1.165) is 24.8 Å². The summed E-state index contributed by atoms with van der Waals surface area (Å²) < 4.78 is 18.4. The molecule has 0 saturated carbocycles. The summed E-state index contributed by atoms with van der Waals surface area (Å²) in [6.07, 6.45) is 1.66. The standard InChI is InChI=1S/C18H25N5O4S/c1-14(16(24)21-4-9-25-10-5-21)28-18-20-19-17(22-6-11-26-12-7-22)23(18)13-15-3-2-8-27-15/h2-3,8,14H,4-7,9-13H2,1H3. The van der Waals surface area contributed by atoms with Gasteiger partial charge >= 0.3 is 0 Å². The van der Waals surface area contributed by atoms with Crippen molar-refractivity contribution in [3.05, 3.63) is 24.2 Å². The molecule has 1 unspecified atom stereocenters. The summed E-state index contributed by atoms with van der Waals surface area (Å²) in [5, 5.41) is 9.28. The fraction of sp³-hybridized carbons (Fsp3) is 0.611. The normalized spacial score (nSPS) is 19.0. The van der Waals surface area contributed by atoms with Crippen LogP contribution in [0.3, 0.4) is 0 Å². The maximum atomic E-state index is 12.8. The third kappa shape index (κ3) is 4.34. The third-order valence-electron chi connectivity index (χ3n) is 4.84. The first kappa shape index (κ1) is 19.3. The summed E-state index contributed by atoms with van der Waals surface area (Å²) in [7, 11) is 0. The van der Waals surface area contributed by atoms with E-state index in [-0.39, 0.29) is 11.2 Å². The minimum absolute atomic E-state index is 0.105. The Morgan fingerprint density at radius 3 is 2.54 bits per heavy atom. The smallest absolute Gasteiger partial charge is 0.236 e. The predicted molar refractivity (Wildman–Crippen MR) is 104 cm³/mol. The Morgan fingerprint density at radius 2 is 1.86 bits per heavy atom. The van der Waals surface area contributed by atoms with Crippen LogP contribution in [0.15, 0.2) is 28.0 Å². The van der Waals surface area contributed by atoms with Gasteiger partial charge in [-0.25, -0.2) is 0 Å².